The van der Waals surface area contributed by atoms with Crippen LogP contribution in [-0.2, 0) is 4.84 Å². The molecule has 0 radical (unpaired) electrons. The first kappa shape index (κ1) is 16.6. The molecule has 0 saturated heterocycles. The summed E-state index contributed by atoms with van der Waals surface area (Å²) in [5.74, 6) is 1.31. The monoisotopic (exact) mass is 316 g/mol. The molecule has 0 atom stereocenters. The average molecular weight is 316 g/mol. The summed E-state index contributed by atoms with van der Waals surface area (Å²) < 4.78 is 10.4. The number of urea groups is 1. The summed E-state index contributed by atoms with van der Waals surface area (Å²) in [6.07, 6.45) is 0. The van der Waals surface area contributed by atoms with Crippen LogP contribution >= 0.6 is 0 Å². The lowest BCUT2D eigenvalue weighted by Gasteiger charge is -2.15. The Morgan fingerprint density at radius 3 is 2.22 bits per heavy atom. The highest BCUT2D eigenvalue weighted by atomic mass is 16.7. The van der Waals surface area contributed by atoms with Crippen molar-refractivity contribution in [1.29, 1.82) is 0 Å². The molecule has 0 spiro atoms. The molecule has 1 aromatic carbocycles. The zero-order chi connectivity index (χ0) is 16.7. The number of nitrogens with zero attached hydrogens (tertiary/aromatic N) is 1. The average Bonchev–Trinajstić information content (AvgIpc) is 3.20. The normalized spacial score (nSPS) is 10.0. The van der Waals surface area contributed by atoms with E-state index in [1.807, 2.05) is 6.07 Å². The Labute approximate surface area is 135 Å². The van der Waals surface area contributed by atoms with Gasteiger partial charge in [0.05, 0.1) is 14.2 Å². The number of nitrogens with one attached hydrogen (secondary N) is 1. The smallest absolute Gasteiger partial charge is 0.343 e. The molecule has 0 aromatic heterocycles. The number of hydrogen-bond acceptors (Lipinski definition) is 4. The molecule has 0 fully saturated rings. The number of fused-ring (bicyclic) bond motifs is 1. The fraction of sp³-hybridized carbons (Fsp3) is 0.235. The number of rotatable bonds is 5. The Bertz CT molecular complexity index is 643. The summed E-state index contributed by atoms with van der Waals surface area (Å²) in [6.45, 7) is 0.0553. The number of methoxy groups -OCH3 is 1. The van der Waals surface area contributed by atoms with Crippen LogP contribution in [0.1, 0.15) is 0 Å². The van der Waals surface area contributed by atoms with Crippen molar-refractivity contribution in [3.63, 3.8) is 0 Å². The van der Waals surface area contributed by atoms with Gasteiger partial charge in [0.1, 0.15) is 11.5 Å². The Morgan fingerprint density at radius 2 is 1.70 bits per heavy atom. The van der Waals surface area contributed by atoms with E-state index in [-0.39, 0.29) is 12.8 Å². The quantitative estimate of drug-likeness (QED) is 0.581. The van der Waals surface area contributed by atoms with Gasteiger partial charge in [-0.2, -0.15) is 0 Å². The van der Waals surface area contributed by atoms with Gasteiger partial charge < -0.3 is 14.8 Å². The predicted octanol–water partition coefficient (Wildman–Crippen LogP) is 2.90. The number of carbonyl (C=O) groups is 1. The first-order chi connectivity index (χ1) is 11.1. The molecule has 23 heavy (non-hydrogen) atoms. The van der Waals surface area contributed by atoms with Gasteiger partial charge in [0.25, 0.3) is 0 Å². The van der Waals surface area contributed by atoms with Crippen LogP contribution in [0.4, 0.5) is 4.79 Å². The summed E-state index contributed by atoms with van der Waals surface area (Å²) in [5, 5.41) is 3.58. The minimum absolute atomic E-state index is 0.0553. The van der Waals surface area contributed by atoms with Gasteiger partial charge in [-0.05, 0) is 29.3 Å². The molecule has 2 aliphatic carbocycles. The molecule has 2 aliphatic rings. The Balaban J connectivity index is 0.000000260. The number of hydrogen-bond donors (Lipinski definition) is 1. The van der Waals surface area contributed by atoms with E-state index in [2.05, 4.69) is 29.6 Å². The number of amides is 2. The van der Waals surface area contributed by atoms with Crippen molar-refractivity contribution in [2.45, 2.75) is 0 Å². The number of carbonyl (C=O) groups excluding carboxylic acids is 1. The van der Waals surface area contributed by atoms with Crippen LogP contribution in [0.2, 0.25) is 0 Å². The minimum atomic E-state index is -0.379. The van der Waals surface area contributed by atoms with Crippen molar-refractivity contribution < 1.29 is 19.1 Å². The Hall–Kier alpha value is -2.73. The SMILES string of the molecule is COc1cccc(OCNC(=O)N(C)OC)c1.c1cc2cc-2c1. The zero-order valence-electron chi connectivity index (χ0n) is 13.4. The first-order valence-corrected chi connectivity index (χ1v) is 7.07. The third kappa shape index (κ3) is 5.19. The van der Waals surface area contributed by atoms with Crippen molar-refractivity contribution in [3.8, 4) is 22.6 Å². The van der Waals surface area contributed by atoms with Crippen molar-refractivity contribution >= 4 is 6.03 Å². The molecule has 2 amide bonds. The van der Waals surface area contributed by atoms with Crippen LogP contribution in [0.3, 0.4) is 0 Å². The van der Waals surface area contributed by atoms with Crippen molar-refractivity contribution in [1.82, 2.24) is 10.4 Å². The van der Waals surface area contributed by atoms with Crippen LogP contribution in [0.25, 0.3) is 11.1 Å². The number of benzene rings is 2. The van der Waals surface area contributed by atoms with Crippen LogP contribution in [-0.4, -0.2) is 39.1 Å². The molecule has 122 valence electrons. The molecule has 1 aromatic rings. The summed E-state index contributed by atoms with van der Waals surface area (Å²) in [4.78, 5) is 16.0. The third-order valence-electron chi connectivity index (χ3n) is 3.18. The summed E-state index contributed by atoms with van der Waals surface area (Å²) in [5.41, 5.74) is 2.85. The maximum absolute atomic E-state index is 11.3. The highest BCUT2D eigenvalue weighted by molar-refractivity contribution is 5.80. The minimum Gasteiger partial charge on any atom is -0.497 e. The molecule has 0 heterocycles. The molecule has 0 saturated carbocycles. The van der Waals surface area contributed by atoms with Gasteiger partial charge in [-0.25, -0.2) is 9.86 Å². The van der Waals surface area contributed by atoms with Gasteiger partial charge in [0, 0.05) is 13.1 Å². The second-order valence-corrected chi connectivity index (χ2v) is 4.71. The molecule has 3 rings (SSSR count). The molecular formula is C17H20N2O4. The second kappa shape index (κ2) is 8.05. The topological polar surface area (TPSA) is 60.0 Å². The molecular weight excluding hydrogens is 296 g/mol. The van der Waals surface area contributed by atoms with Crippen LogP contribution in [0.15, 0.2) is 48.5 Å². The van der Waals surface area contributed by atoms with Crippen LogP contribution in [0, 0.1) is 0 Å². The lowest BCUT2D eigenvalue weighted by Crippen LogP contribution is -2.38. The van der Waals surface area contributed by atoms with Gasteiger partial charge in [0.15, 0.2) is 6.73 Å². The summed E-state index contributed by atoms with van der Waals surface area (Å²) in [7, 11) is 4.48. The zero-order valence-corrected chi connectivity index (χ0v) is 13.4. The third-order valence-corrected chi connectivity index (χ3v) is 3.18. The fourth-order valence-electron chi connectivity index (χ4n) is 1.74. The summed E-state index contributed by atoms with van der Waals surface area (Å²) in [6, 6.07) is 15.2. The van der Waals surface area contributed by atoms with Crippen LogP contribution in [0.5, 0.6) is 11.5 Å². The molecule has 1 N–H and O–H groups in total. The van der Waals surface area contributed by atoms with E-state index in [0.29, 0.717) is 11.5 Å². The van der Waals surface area contributed by atoms with Gasteiger partial charge in [-0.15, -0.1) is 0 Å². The Kier molecular flexibility index (Phi) is 5.82. The largest absolute Gasteiger partial charge is 0.497 e. The lowest BCUT2D eigenvalue weighted by molar-refractivity contribution is -0.0658. The van der Waals surface area contributed by atoms with E-state index in [1.54, 1.807) is 25.3 Å². The van der Waals surface area contributed by atoms with E-state index in [0.717, 1.165) is 5.06 Å². The highest BCUT2D eigenvalue weighted by Crippen LogP contribution is 2.32. The summed E-state index contributed by atoms with van der Waals surface area (Å²) >= 11 is 0. The second-order valence-electron chi connectivity index (χ2n) is 4.71. The molecule has 0 unspecified atom stereocenters. The van der Waals surface area contributed by atoms with E-state index >= 15 is 0 Å². The van der Waals surface area contributed by atoms with E-state index in [4.69, 9.17) is 14.3 Å². The van der Waals surface area contributed by atoms with Crippen molar-refractivity contribution in [3.05, 3.63) is 48.5 Å². The fourth-order valence-corrected chi connectivity index (χ4v) is 1.74. The van der Waals surface area contributed by atoms with Gasteiger partial charge in [-0.1, -0.05) is 24.3 Å². The van der Waals surface area contributed by atoms with Crippen molar-refractivity contribution in [2.24, 2.45) is 0 Å². The van der Waals surface area contributed by atoms with E-state index < -0.39 is 0 Å². The lowest BCUT2D eigenvalue weighted by atomic mass is 10.3. The standard InChI is InChI=1S/C11H16N2O4.C6H4/c1-13(16-3)11(14)12-8-17-10-6-4-5-9(7-10)15-2;1-2-5-4-6(5)3-1/h4-7H,8H2,1-3H3,(H,12,14);1-4H. The predicted molar refractivity (Wildman–Crippen MR) is 87.2 cm³/mol. The van der Waals surface area contributed by atoms with Gasteiger partial charge in [0.2, 0.25) is 0 Å². The molecule has 6 nitrogen and oxygen atoms in total. The van der Waals surface area contributed by atoms with Gasteiger partial charge >= 0.3 is 6.03 Å². The van der Waals surface area contributed by atoms with Gasteiger partial charge in [-0.3, -0.25) is 4.84 Å². The first-order valence-electron chi connectivity index (χ1n) is 7.07. The molecule has 6 heteroatoms. The molecule has 0 bridgehead atoms. The maximum Gasteiger partial charge on any atom is 0.343 e. The highest BCUT2D eigenvalue weighted by Gasteiger charge is 2.07. The number of hydroxylamine groups is 2. The maximum atomic E-state index is 11.3. The van der Waals surface area contributed by atoms with Crippen LogP contribution < -0.4 is 14.8 Å². The van der Waals surface area contributed by atoms with E-state index in [1.165, 1.54) is 25.3 Å². The number of ether oxygens (including phenoxy) is 2. The Morgan fingerprint density at radius 1 is 1.04 bits per heavy atom. The molecule has 0 aliphatic heterocycles. The van der Waals surface area contributed by atoms with E-state index in [9.17, 15) is 4.79 Å². The van der Waals surface area contributed by atoms with Crippen molar-refractivity contribution in [2.75, 3.05) is 28.0 Å².